The van der Waals surface area contributed by atoms with Gasteiger partial charge in [-0.15, -0.1) is 0 Å². The van der Waals surface area contributed by atoms with Crippen LogP contribution in [0.4, 0.5) is 0 Å². The van der Waals surface area contributed by atoms with Crippen molar-refractivity contribution in [1.82, 2.24) is 14.5 Å². The van der Waals surface area contributed by atoms with Crippen LogP contribution in [0.1, 0.15) is 65.2 Å². The largest absolute Gasteiger partial charge is 0.494 e. The lowest BCUT2D eigenvalue weighted by atomic mass is 9.82. The second-order valence-corrected chi connectivity index (χ2v) is 15.6. The number of nitrogens with one attached hydrogen (secondary N) is 1. The number of piperidine rings is 1. The summed E-state index contributed by atoms with van der Waals surface area (Å²) < 4.78 is 8.11. The molecule has 6 heteroatoms. The molecule has 0 aliphatic carbocycles. The van der Waals surface area contributed by atoms with Gasteiger partial charge in [0.15, 0.2) is 14.0 Å². The summed E-state index contributed by atoms with van der Waals surface area (Å²) in [7, 11) is -0.331. The number of rotatable bonds is 7. The molecule has 3 heterocycles. The van der Waals surface area contributed by atoms with Gasteiger partial charge >= 0.3 is 0 Å². The number of pyridine rings is 1. The summed E-state index contributed by atoms with van der Waals surface area (Å²) in [6.07, 6.45) is 4.98. The van der Waals surface area contributed by atoms with Crippen LogP contribution < -0.4 is 10.1 Å². The van der Waals surface area contributed by atoms with Crippen LogP contribution in [0, 0.1) is 11.8 Å². The van der Waals surface area contributed by atoms with Crippen LogP contribution in [0.2, 0.25) is 16.6 Å². The third-order valence-corrected chi connectivity index (χ3v) is 14.2. The van der Waals surface area contributed by atoms with E-state index in [1.807, 2.05) is 0 Å². The standard InChI is InChI=1S/C24H39N3O2Si/c1-15(2)30(16(3)4,17(5)6)27-12-10-19-22(21(29-8)14-26-24(19)27)23(28)20-13-25-11-9-18(20)7/h10,12,14-18,20,25H,9,11,13H2,1-8H3/t18-,20+/m0/s1. The van der Waals surface area contributed by atoms with Crippen LogP contribution in [-0.4, -0.2) is 43.4 Å². The smallest absolute Gasteiger partial charge is 0.172 e. The number of aromatic nitrogens is 2. The first-order valence-electron chi connectivity index (χ1n) is 11.5. The first kappa shape index (κ1) is 23.0. The number of hydrogen-bond acceptors (Lipinski definition) is 4. The van der Waals surface area contributed by atoms with Gasteiger partial charge in [-0.25, -0.2) is 4.98 Å². The maximum atomic E-state index is 13.7. The molecule has 1 aliphatic rings. The zero-order valence-electron chi connectivity index (χ0n) is 20.0. The van der Waals surface area contributed by atoms with Gasteiger partial charge in [-0.05, 0) is 47.8 Å². The van der Waals surface area contributed by atoms with E-state index >= 15 is 0 Å². The number of Topliss-reactive ketones (excluding diaryl/α,β-unsaturated/α-hetero) is 1. The zero-order valence-corrected chi connectivity index (χ0v) is 21.0. The van der Waals surface area contributed by atoms with Crippen molar-refractivity contribution >= 4 is 25.1 Å². The summed E-state index contributed by atoms with van der Waals surface area (Å²) in [6, 6.07) is 2.11. The summed E-state index contributed by atoms with van der Waals surface area (Å²) in [6.45, 7) is 18.0. The van der Waals surface area contributed by atoms with Crippen LogP contribution in [0.5, 0.6) is 5.75 Å². The molecule has 1 N–H and O–H groups in total. The molecule has 2 aromatic rings. The molecule has 2 atom stereocenters. The number of carbonyl (C=O) groups excluding carboxylic acids is 1. The molecular formula is C24H39N3O2Si. The van der Waals surface area contributed by atoms with Crippen LogP contribution >= 0.6 is 0 Å². The van der Waals surface area contributed by atoms with Gasteiger partial charge in [0.25, 0.3) is 0 Å². The number of methoxy groups -OCH3 is 1. The molecule has 166 valence electrons. The zero-order chi connectivity index (χ0) is 22.2. The van der Waals surface area contributed by atoms with Crippen molar-refractivity contribution in [1.29, 1.82) is 0 Å². The van der Waals surface area contributed by atoms with Gasteiger partial charge in [0.1, 0.15) is 11.4 Å². The highest BCUT2D eigenvalue weighted by Crippen LogP contribution is 2.45. The molecule has 1 fully saturated rings. The Labute approximate surface area is 182 Å². The monoisotopic (exact) mass is 429 g/mol. The van der Waals surface area contributed by atoms with E-state index < -0.39 is 8.24 Å². The molecule has 1 saturated heterocycles. The normalized spacial score (nSPS) is 20.5. The summed E-state index contributed by atoms with van der Waals surface area (Å²) in [4.78, 5) is 18.6. The molecule has 0 bridgehead atoms. The number of nitrogens with zero attached hydrogens (tertiary/aromatic N) is 2. The van der Waals surface area contributed by atoms with Crippen molar-refractivity contribution in [3.05, 3.63) is 24.0 Å². The SMILES string of the molecule is COc1cnc2c(ccn2[Si](C(C)C)(C(C)C)C(C)C)c1C(=O)[C@@H]1CNCC[C@@H]1C. The van der Waals surface area contributed by atoms with Crippen LogP contribution in [-0.2, 0) is 0 Å². The van der Waals surface area contributed by atoms with Crippen molar-refractivity contribution in [3.63, 3.8) is 0 Å². The highest BCUT2D eigenvalue weighted by atomic mass is 28.3. The van der Waals surface area contributed by atoms with Gasteiger partial charge in [0, 0.05) is 17.8 Å². The van der Waals surface area contributed by atoms with Crippen molar-refractivity contribution < 1.29 is 9.53 Å². The second kappa shape index (κ2) is 8.83. The van der Waals surface area contributed by atoms with Crippen LogP contribution in [0.25, 0.3) is 11.0 Å². The van der Waals surface area contributed by atoms with Gasteiger partial charge in [0.05, 0.1) is 18.9 Å². The average Bonchev–Trinajstić information content (AvgIpc) is 3.11. The van der Waals surface area contributed by atoms with E-state index in [4.69, 9.17) is 9.72 Å². The van der Waals surface area contributed by atoms with Gasteiger partial charge < -0.3 is 14.3 Å². The lowest BCUT2D eigenvalue weighted by Crippen LogP contribution is -2.51. The Kier molecular flexibility index (Phi) is 6.77. The van der Waals surface area contributed by atoms with E-state index in [-0.39, 0.29) is 11.7 Å². The third-order valence-electron chi connectivity index (χ3n) is 7.50. The molecule has 0 unspecified atom stereocenters. The van der Waals surface area contributed by atoms with Gasteiger partial charge in [-0.2, -0.15) is 0 Å². The Morgan fingerprint density at radius 1 is 1.20 bits per heavy atom. The van der Waals surface area contributed by atoms with Crippen LogP contribution in [0.15, 0.2) is 18.5 Å². The van der Waals surface area contributed by atoms with Gasteiger partial charge in [0.2, 0.25) is 0 Å². The fraction of sp³-hybridized carbons (Fsp3) is 0.667. The molecule has 0 spiro atoms. The minimum absolute atomic E-state index is 0.0242. The Balaban J connectivity index is 2.24. The maximum Gasteiger partial charge on any atom is 0.172 e. The van der Waals surface area contributed by atoms with Gasteiger partial charge in [-0.3, -0.25) is 4.79 Å². The van der Waals surface area contributed by atoms with E-state index in [9.17, 15) is 4.79 Å². The summed E-state index contributed by atoms with van der Waals surface area (Å²) >= 11 is 0. The Morgan fingerprint density at radius 3 is 2.37 bits per heavy atom. The van der Waals surface area contributed by atoms with Gasteiger partial charge in [-0.1, -0.05) is 48.5 Å². The van der Waals surface area contributed by atoms with Crippen molar-refractivity contribution in [2.75, 3.05) is 20.2 Å². The number of ether oxygens (including phenoxy) is 1. The first-order valence-corrected chi connectivity index (χ1v) is 13.6. The molecule has 0 saturated carbocycles. The fourth-order valence-corrected chi connectivity index (χ4v) is 12.7. The summed E-state index contributed by atoms with van der Waals surface area (Å²) in [5, 5.41) is 4.34. The number of fused-ring (bicyclic) bond motifs is 1. The molecule has 2 aromatic heterocycles. The minimum Gasteiger partial charge on any atom is -0.494 e. The molecule has 0 aromatic carbocycles. The topological polar surface area (TPSA) is 56.2 Å². The highest BCUT2D eigenvalue weighted by Gasteiger charge is 2.46. The second-order valence-electron chi connectivity index (χ2n) is 9.92. The highest BCUT2D eigenvalue weighted by molar-refractivity contribution is 6.82. The first-order chi connectivity index (χ1) is 14.2. The predicted molar refractivity (Wildman–Crippen MR) is 127 cm³/mol. The molecule has 3 rings (SSSR count). The Bertz CT molecular complexity index is 881. The lowest BCUT2D eigenvalue weighted by molar-refractivity contribution is 0.0851. The molecule has 1 aliphatic heterocycles. The van der Waals surface area contributed by atoms with E-state index in [0.29, 0.717) is 33.9 Å². The lowest BCUT2D eigenvalue weighted by Gasteiger charge is -2.44. The maximum absolute atomic E-state index is 13.7. The summed E-state index contributed by atoms with van der Waals surface area (Å²) in [5.41, 5.74) is 3.32. The number of ketones is 1. The number of hydrogen-bond donors (Lipinski definition) is 1. The molecule has 5 nitrogen and oxygen atoms in total. The van der Waals surface area contributed by atoms with Crippen molar-refractivity contribution in [3.8, 4) is 5.75 Å². The molecular weight excluding hydrogens is 390 g/mol. The fourth-order valence-electron chi connectivity index (χ4n) is 6.15. The Hall–Kier alpha value is -1.66. The van der Waals surface area contributed by atoms with E-state index in [1.54, 1.807) is 13.3 Å². The summed E-state index contributed by atoms with van der Waals surface area (Å²) in [5.74, 6) is 1.12. The minimum atomic E-state index is -1.96. The Morgan fingerprint density at radius 2 is 1.83 bits per heavy atom. The van der Waals surface area contributed by atoms with Crippen molar-refractivity contribution in [2.45, 2.75) is 71.5 Å². The quantitative estimate of drug-likeness (QED) is 0.466. The van der Waals surface area contributed by atoms with Crippen molar-refractivity contribution in [2.24, 2.45) is 11.8 Å². The number of carbonyl (C=O) groups is 1. The average molecular weight is 430 g/mol. The van der Waals surface area contributed by atoms with E-state index in [0.717, 1.165) is 30.5 Å². The van der Waals surface area contributed by atoms with E-state index in [2.05, 4.69) is 70.3 Å². The predicted octanol–water partition coefficient (Wildman–Crippen LogP) is 5.50. The molecule has 30 heavy (non-hydrogen) atoms. The molecule has 0 amide bonds. The third kappa shape index (κ3) is 3.52. The molecule has 0 radical (unpaired) electrons. The van der Waals surface area contributed by atoms with E-state index in [1.165, 1.54) is 0 Å². The van der Waals surface area contributed by atoms with Crippen LogP contribution in [0.3, 0.4) is 0 Å².